The van der Waals surface area contributed by atoms with Crippen molar-refractivity contribution in [2.45, 2.75) is 13.8 Å². The van der Waals surface area contributed by atoms with Gasteiger partial charge in [0, 0.05) is 6.07 Å². The van der Waals surface area contributed by atoms with Gasteiger partial charge in [0.1, 0.15) is 11.6 Å². The van der Waals surface area contributed by atoms with Gasteiger partial charge in [-0.25, -0.2) is 18.7 Å². The minimum atomic E-state index is -0.590. The van der Waals surface area contributed by atoms with Crippen molar-refractivity contribution in [3.8, 4) is 0 Å². The smallest absolute Gasteiger partial charge is 0.172 e. The molecule has 6 heteroatoms. The van der Waals surface area contributed by atoms with Crippen molar-refractivity contribution < 1.29 is 8.78 Å². The minimum absolute atomic E-state index is 0.0329. The summed E-state index contributed by atoms with van der Waals surface area (Å²) in [4.78, 5) is 8.19. The lowest BCUT2D eigenvalue weighted by Crippen LogP contribution is -2.02. The van der Waals surface area contributed by atoms with Crippen LogP contribution < -0.4 is 5.32 Å². The lowest BCUT2D eigenvalue weighted by atomic mass is 10.3. The van der Waals surface area contributed by atoms with Crippen LogP contribution in [0.2, 0.25) is 5.15 Å². The standard InChI is InChI=1S/C12H10ClF2N3/c1-6-7(2)17-12(11(13)16-6)18-10-5-8(14)3-4-9(10)15/h3-5H,1-2H3,(H,17,18). The van der Waals surface area contributed by atoms with Gasteiger partial charge in [0.05, 0.1) is 17.1 Å². The predicted octanol–water partition coefficient (Wildman–Crippen LogP) is 3.77. The molecule has 0 amide bonds. The maximum absolute atomic E-state index is 13.4. The topological polar surface area (TPSA) is 37.8 Å². The molecular formula is C12H10ClF2N3. The van der Waals surface area contributed by atoms with Crippen LogP contribution in [0.3, 0.4) is 0 Å². The first kappa shape index (κ1) is 12.7. The molecule has 1 heterocycles. The van der Waals surface area contributed by atoms with E-state index in [2.05, 4.69) is 15.3 Å². The van der Waals surface area contributed by atoms with Crippen molar-refractivity contribution in [3.63, 3.8) is 0 Å². The van der Waals surface area contributed by atoms with Crippen LogP contribution in [0.25, 0.3) is 0 Å². The highest BCUT2D eigenvalue weighted by Crippen LogP contribution is 2.25. The number of nitrogens with zero attached hydrogens (tertiary/aromatic N) is 2. The van der Waals surface area contributed by atoms with Gasteiger partial charge in [-0.1, -0.05) is 11.6 Å². The van der Waals surface area contributed by atoms with Crippen LogP contribution in [0.4, 0.5) is 20.3 Å². The third-order valence-electron chi connectivity index (χ3n) is 2.45. The quantitative estimate of drug-likeness (QED) is 0.902. The largest absolute Gasteiger partial charge is 0.335 e. The average molecular weight is 270 g/mol. The number of aromatic nitrogens is 2. The highest BCUT2D eigenvalue weighted by atomic mass is 35.5. The van der Waals surface area contributed by atoms with Gasteiger partial charge in [-0.05, 0) is 26.0 Å². The number of nitrogens with one attached hydrogen (secondary N) is 1. The Morgan fingerprint density at radius 3 is 2.50 bits per heavy atom. The van der Waals surface area contributed by atoms with Crippen LogP contribution in [0.15, 0.2) is 18.2 Å². The Bertz CT molecular complexity index is 602. The molecule has 0 saturated heterocycles. The summed E-state index contributed by atoms with van der Waals surface area (Å²) in [5.74, 6) is -0.941. The number of aryl methyl sites for hydroxylation is 2. The fraction of sp³-hybridized carbons (Fsp3) is 0.167. The van der Waals surface area contributed by atoms with Gasteiger partial charge in [-0.3, -0.25) is 0 Å². The molecule has 3 nitrogen and oxygen atoms in total. The number of hydrogen-bond acceptors (Lipinski definition) is 3. The molecule has 94 valence electrons. The van der Waals surface area contributed by atoms with Crippen molar-refractivity contribution in [1.82, 2.24) is 9.97 Å². The highest BCUT2D eigenvalue weighted by molar-refractivity contribution is 6.31. The molecule has 0 radical (unpaired) electrons. The van der Waals surface area contributed by atoms with E-state index in [0.29, 0.717) is 11.4 Å². The zero-order valence-corrected chi connectivity index (χ0v) is 10.5. The van der Waals surface area contributed by atoms with Gasteiger partial charge in [0.2, 0.25) is 0 Å². The first-order valence-electron chi connectivity index (χ1n) is 5.20. The maximum atomic E-state index is 13.4. The number of hydrogen-bond donors (Lipinski definition) is 1. The molecule has 2 rings (SSSR count). The predicted molar refractivity (Wildman–Crippen MR) is 66.2 cm³/mol. The Morgan fingerprint density at radius 1 is 1.11 bits per heavy atom. The fourth-order valence-corrected chi connectivity index (χ4v) is 1.59. The molecule has 1 aromatic carbocycles. The number of anilines is 2. The number of rotatable bonds is 2. The van der Waals surface area contributed by atoms with Gasteiger partial charge in [-0.15, -0.1) is 0 Å². The second-order valence-electron chi connectivity index (χ2n) is 3.78. The maximum Gasteiger partial charge on any atom is 0.172 e. The molecule has 0 saturated carbocycles. The van der Waals surface area contributed by atoms with Gasteiger partial charge < -0.3 is 5.32 Å². The molecule has 1 N–H and O–H groups in total. The Balaban J connectivity index is 2.40. The molecule has 0 aliphatic heterocycles. The van der Waals surface area contributed by atoms with Gasteiger partial charge in [0.15, 0.2) is 11.0 Å². The lowest BCUT2D eigenvalue weighted by molar-refractivity contribution is 0.603. The SMILES string of the molecule is Cc1nc(Cl)c(Nc2cc(F)ccc2F)nc1C. The van der Waals surface area contributed by atoms with E-state index in [1.165, 1.54) is 0 Å². The first-order chi connectivity index (χ1) is 8.47. The monoisotopic (exact) mass is 269 g/mol. The summed E-state index contributed by atoms with van der Waals surface area (Å²) in [6, 6.07) is 3.09. The van der Waals surface area contributed by atoms with Crippen LogP contribution in [-0.2, 0) is 0 Å². The fourth-order valence-electron chi connectivity index (χ4n) is 1.38. The normalized spacial score (nSPS) is 10.5. The summed E-state index contributed by atoms with van der Waals surface area (Å²) >= 11 is 5.89. The van der Waals surface area contributed by atoms with Crippen molar-refractivity contribution in [3.05, 3.63) is 46.4 Å². The Hall–Kier alpha value is -1.75. The van der Waals surface area contributed by atoms with E-state index in [-0.39, 0.29) is 16.7 Å². The molecule has 0 aliphatic rings. The Kier molecular flexibility index (Phi) is 3.43. The number of benzene rings is 1. The minimum Gasteiger partial charge on any atom is -0.335 e. The van der Waals surface area contributed by atoms with E-state index in [1.54, 1.807) is 13.8 Å². The summed E-state index contributed by atoms with van der Waals surface area (Å²) in [5.41, 5.74) is 1.32. The van der Waals surface area contributed by atoms with Crippen molar-refractivity contribution >= 4 is 23.1 Å². The van der Waals surface area contributed by atoms with Crippen molar-refractivity contribution in [2.75, 3.05) is 5.32 Å². The summed E-state index contributed by atoms with van der Waals surface area (Å²) < 4.78 is 26.5. The number of halogens is 3. The third kappa shape index (κ3) is 2.56. The summed E-state index contributed by atoms with van der Waals surface area (Å²) in [6.45, 7) is 3.52. The van der Waals surface area contributed by atoms with Crippen molar-refractivity contribution in [2.24, 2.45) is 0 Å². The lowest BCUT2D eigenvalue weighted by Gasteiger charge is -2.10. The van der Waals surface area contributed by atoms with E-state index in [4.69, 9.17) is 11.6 Å². The van der Waals surface area contributed by atoms with E-state index in [9.17, 15) is 8.78 Å². The van der Waals surface area contributed by atoms with E-state index in [0.717, 1.165) is 18.2 Å². The van der Waals surface area contributed by atoms with Gasteiger partial charge in [0.25, 0.3) is 0 Å². The molecule has 0 aliphatic carbocycles. The van der Waals surface area contributed by atoms with Gasteiger partial charge >= 0.3 is 0 Å². The second-order valence-corrected chi connectivity index (χ2v) is 4.14. The molecule has 0 fully saturated rings. The Morgan fingerprint density at radius 2 is 1.78 bits per heavy atom. The molecule has 1 aromatic heterocycles. The summed E-state index contributed by atoms with van der Waals surface area (Å²) in [5, 5.41) is 2.74. The average Bonchev–Trinajstić information content (AvgIpc) is 2.30. The van der Waals surface area contributed by atoms with Crippen LogP contribution in [-0.4, -0.2) is 9.97 Å². The van der Waals surface area contributed by atoms with Gasteiger partial charge in [-0.2, -0.15) is 0 Å². The third-order valence-corrected chi connectivity index (χ3v) is 2.71. The zero-order chi connectivity index (χ0) is 13.3. The summed E-state index contributed by atoms with van der Waals surface area (Å²) in [6.07, 6.45) is 0. The molecule has 2 aromatic rings. The molecule has 18 heavy (non-hydrogen) atoms. The molecule has 0 unspecified atom stereocenters. The summed E-state index contributed by atoms with van der Waals surface area (Å²) in [7, 11) is 0. The van der Waals surface area contributed by atoms with E-state index in [1.807, 2.05) is 0 Å². The first-order valence-corrected chi connectivity index (χ1v) is 5.58. The molecule has 0 atom stereocenters. The molecular weight excluding hydrogens is 260 g/mol. The van der Waals surface area contributed by atoms with Crippen LogP contribution in [0.5, 0.6) is 0 Å². The highest BCUT2D eigenvalue weighted by Gasteiger charge is 2.10. The van der Waals surface area contributed by atoms with Crippen LogP contribution >= 0.6 is 11.6 Å². The van der Waals surface area contributed by atoms with Crippen LogP contribution in [0.1, 0.15) is 11.4 Å². The second kappa shape index (κ2) is 4.86. The Labute approximate surface area is 108 Å². The van der Waals surface area contributed by atoms with E-state index < -0.39 is 11.6 Å². The zero-order valence-electron chi connectivity index (χ0n) is 9.76. The molecule has 0 bridgehead atoms. The van der Waals surface area contributed by atoms with E-state index >= 15 is 0 Å². The van der Waals surface area contributed by atoms with Crippen LogP contribution in [0, 0.1) is 25.5 Å². The molecule has 0 spiro atoms. The van der Waals surface area contributed by atoms with Crippen molar-refractivity contribution in [1.29, 1.82) is 0 Å².